The number of halogens is 6. The van der Waals surface area contributed by atoms with E-state index in [1.54, 1.807) is 12.1 Å². The van der Waals surface area contributed by atoms with Crippen molar-refractivity contribution in [3.05, 3.63) is 77.0 Å². The molecular weight excluding hydrogens is 508 g/mol. The lowest BCUT2D eigenvalue weighted by Crippen LogP contribution is -2.12. The van der Waals surface area contributed by atoms with Gasteiger partial charge in [-0.2, -0.15) is 26.3 Å². The van der Waals surface area contributed by atoms with Crippen molar-refractivity contribution in [3.8, 4) is 11.4 Å². The zero-order valence-electron chi connectivity index (χ0n) is 18.9. The average Bonchev–Trinajstić information content (AvgIpc) is 3.16. The maximum Gasteiger partial charge on any atom is 0.417 e. The summed E-state index contributed by atoms with van der Waals surface area (Å²) in [6, 6.07) is 10.2. The van der Waals surface area contributed by atoms with Crippen molar-refractivity contribution in [2.24, 2.45) is 0 Å². The summed E-state index contributed by atoms with van der Waals surface area (Å²) in [5.41, 5.74) is -0.878. The zero-order valence-corrected chi connectivity index (χ0v) is 19.8. The Labute approximate surface area is 202 Å². The van der Waals surface area contributed by atoms with Crippen molar-refractivity contribution in [3.63, 3.8) is 0 Å². The second-order valence-electron chi connectivity index (χ2n) is 8.18. The quantitative estimate of drug-likeness (QED) is 0.287. The molecule has 0 N–H and O–H groups in total. The van der Waals surface area contributed by atoms with E-state index in [1.807, 2.05) is 19.1 Å². The molecule has 0 bridgehead atoms. The number of aromatic nitrogens is 3. The van der Waals surface area contributed by atoms with Gasteiger partial charge in [0.2, 0.25) is 0 Å². The molecule has 0 saturated carbocycles. The number of benzene rings is 2. The van der Waals surface area contributed by atoms with Gasteiger partial charge in [0.05, 0.1) is 28.3 Å². The molecule has 0 amide bonds. The van der Waals surface area contributed by atoms with E-state index >= 15 is 0 Å². The molecule has 0 radical (unpaired) electrons. The van der Waals surface area contributed by atoms with Crippen molar-refractivity contribution in [2.75, 3.05) is 5.75 Å². The minimum absolute atomic E-state index is 0.0262. The molecular formula is C24H19F6N3O2S. The summed E-state index contributed by atoms with van der Waals surface area (Å²) in [5, 5.41) is 0. The van der Waals surface area contributed by atoms with Gasteiger partial charge in [-0.05, 0) is 36.8 Å². The molecule has 0 saturated heterocycles. The van der Waals surface area contributed by atoms with Crippen molar-refractivity contribution >= 4 is 21.0 Å². The monoisotopic (exact) mass is 527 g/mol. The average molecular weight is 527 g/mol. The van der Waals surface area contributed by atoms with Gasteiger partial charge < -0.3 is 4.57 Å². The number of imidazole rings is 1. The van der Waals surface area contributed by atoms with Crippen LogP contribution >= 0.6 is 0 Å². The summed E-state index contributed by atoms with van der Waals surface area (Å²) >= 11 is 0. The molecule has 12 heteroatoms. The van der Waals surface area contributed by atoms with Gasteiger partial charge in [0.1, 0.15) is 11.3 Å². The Kier molecular flexibility index (Phi) is 6.36. The molecule has 36 heavy (non-hydrogen) atoms. The van der Waals surface area contributed by atoms with Crippen LogP contribution in [0.1, 0.15) is 29.2 Å². The summed E-state index contributed by atoms with van der Waals surface area (Å²) in [6.45, 7) is 3.19. The molecule has 2 aromatic heterocycles. The highest BCUT2D eigenvalue weighted by Crippen LogP contribution is 2.37. The smallest absolute Gasteiger partial charge is 0.304 e. The number of sulfone groups is 1. The molecule has 4 rings (SSSR count). The Morgan fingerprint density at radius 1 is 0.889 bits per heavy atom. The minimum atomic E-state index is -4.80. The molecule has 0 aliphatic carbocycles. The molecule has 5 nitrogen and oxygen atoms in total. The number of pyridine rings is 1. The summed E-state index contributed by atoms with van der Waals surface area (Å²) in [6.07, 6.45) is -8.87. The summed E-state index contributed by atoms with van der Waals surface area (Å²) in [7, 11) is -4.18. The molecule has 2 aromatic carbocycles. The Morgan fingerprint density at radius 3 is 2.11 bits per heavy atom. The largest absolute Gasteiger partial charge is 0.417 e. The van der Waals surface area contributed by atoms with Crippen LogP contribution in [-0.2, 0) is 28.7 Å². The van der Waals surface area contributed by atoms with Crippen LogP contribution in [0.15, 0.2) is 59.6 Å². The Bertz CT molecular complexity index is 1540. The number of rotatable bonds is 5. The topological polar surface area (TPSA) is 64.8 Å². The first-order valence-electron chi connectivity index (χ1n) is 10.6. The van der Waals surface area contributed by atoms with Crippen LogP contribution in [0.25, 0.3) is 22.6 Å². The van der Waals surface area contributed by atoms with Crippen molar-refractivity contribution in [1.29, 1.82) is 0 Å². The highest BCUT2D eigenvalue weighted by atomic mass is 32.2. The van der Waals surface area contributed by atoms with Gasteiger partial charge in [-0.3, -0.25) is 0 Å². The third-order valence-electron chi connectivity index (χ3n) is 5.64. The van der Waals surface area contributed by atoms with Crippen LogP contribution in [0.5, 0.6) is 0 Å². The van der Waals surface area contributed by atoms with E-state index in [-0.39, 0.29) is 29.1 Å². The summed E-state index contributed by atoms with van der Waals surface area (Å²) < 4.78 is 107. The van der Waals surface area contributed by atoms with Crippen molar-refractivity contribution in [1.82, 2.24) is 14.5 Å². The molecule has 4 aromatic rings. The number of nitrogens with zero attached hydrogens (tertiary/aromatic N) is 3. The normalized spacial score (nSPS) is 12.9. The van der Waals surface area contributed by atoms with Crippen LogP contribution in [0.3, 0.4) is 0 Å². The van der Waals surface area contributed by atoms with Crippen LogP contribution < -0.4 is 0 Å². The predicted octanol–water partition coefficient (Wildman–Crippen LogP) is 6.29. The maximum atomic E-state index is 13.4. The lowest BCUT2D eigenvalue weighted by atomic mass is 10.1. The van der Waals surface area contributed by atoms with Gasteiger partial charge in [0, 0.05) is 11.8 Å². The zero-order chi connectivity index (χ0) is 26.5. The fraction of sp³-hybridized carbons (Fsp3) is 0.250. The predicted molar refractivity (Wildman–Crippen MR) is 121 cm³/mol. The molecule has 2 heterocycles. The van der Waals surface area contributed by atoms with Crippen molar-refractivity contribution in [2.45, 2.75) is 37.6 Å². The van der Waals surface area contributed by atoms with E-state index < -0.39 is 44.0 Å². The van der Waals surface area contributed by atoms with Crippen molar-refractivity contribution < 1.29 is 34.8 Å². The third kappa shape index (κ3) is 4.95. The standard InChI is InChI=1S/C24H19F6N3O2S/c1-3-36(34,35)20-11-16(23(25,26)27)8-9-18(20)21-32-19-10-17(24(28,29)30)12-31-22(19)33(21)13-15-6-4-14(2)5-7-15/h4-12H,3,13H2,1-2H3. The van der Waals surface area contributed by atoms with Gasteiger partial charge >= 0.3 is 12.4 Å². The van der Waals surface area contributed by atoms with E-state index in [1.165, 1.54) is 11.5 Å². The molecule has 0 spiro atoms. The first kappa shape index (κ1) is 25.7. The van der Waals surface area contributed by atoms with Crippen LogP contribution in [-0.4, -0.2) is 28.7 Å². The SMILES string of the molecule is CCS(=O)(=O)c1cc(C(F)(F)F)ccc1-c1nc2cc(C(F)(F)F)cnc2n1Cc1ccc(C)cc1. The number of aryl methyl sites for hydroxylation is 1. The van der Waals surface area contributed by atoms with Gasteiger partial charge in [-0.25, -0.2) is 18.4 Å². The number of alkyl halides is 6. The summed E-state index contributed by atoms with van der Waals surface area (Å²) in [4.78, 5) is 7.54. The summed E-state index contributed by atoms with van der Waals surface area (Å²) in [5.74, 6) is -0.603. The van der Waals surface area contributed by atoms with Gasteiger partial charge in [-0.15, -0.1) is 0 Å². The number of hydrogen-bond donors (Lipinski definition) is 0. The Balaban J connectivity index is 2.02. The molecule has 0 atom stereocenters. The molecule has 0 aliphatic rings. The molecule has 0 aliphatic heterocycles. The lowest BCUT2D eigenvalue weighted by molar-refractivity contribution is -0.138. The Hall–Kier alpha value is -3.41. The van der Waals surface area contributed by atoms with Crippen LogP contribution in [0.2, 0.25) is 0 Å². The molecule has 0 fully saturated rings. The lowest BCUT2D eigenvalue weighted by Gasteiger charge is -2.15. The highest BCUT2D eigenvalue weighted by molar-refractivity contribution is 7.91. The first-order chi connectivity index (χ1) is 16.7. The Morgan fingerprint density at radius 2 is 1.53 bits per heavy atom. The fourth-order valence-electron chi connectivity index (χ4n) is 3.69. The van der Waals surface area contributed by atoms with Gasteiger partial charge in [0.15, 0.2) is 15.5 Å². The van der Waals surface area contributed by atoms with E-state index in [9.17, 15) is 34.8 Å². The molecule has 190 valence electrons. The third-order valence-corrected chi connectivity index (χ3v) is 7.41. The second kappa shape index (κ2) is 8.91. The highest BCUT2D eigenvalue weighted by Gasteiger charge is 2.34. The van der Waals surface area contributed by atoms with E-state index in [2.05, 4.69) is 9.97 Å². The van der Waals surface area contributed by atoms with E-state index in [4.69, 9.17) is 0 Å². The van der Waals surface area contributed by atoms with Crippen LogP contribution in [0, 0.1) is 6.92 Å². The fourth-order valence-corrected chi connectivity index (χ4v) is 4.81. The second-order valence-corrected chi connectivity index (χ2v) is 10.4. The van der Waals surface area contributed by atoms with Gasteiger partial charge in [0.25, 0.3) is 0 Å². The molecule has 0 unspecified atom stereocenters. The number of fused-ring (bicyclic) bond motifs is 1. The minimum Gasteiger partial charge on any atom is -0.304 e. The maximum absolute atomic E-state index is 13.4. The van der Waals surface area contributed by atoms with Gasteiger partial charge in [-0.1, -0.05) is 36.8 Å². The first-order valence-corrected chi connectivity index (χ1v) is 12.3. The van der Waals surface area contributed by atoms with E-state index in [0.717, 1.165) is 17.7 Å². The van der Waals surface area contributed by atoms with E-state index in [0.29, 0.717) is 23.9 Å². The number of hydrogen-bond acceptors (Lipinski definition) is 4. The van der Waals surface area contributed by atoms with Crippen LogP contribution in [0.4, 0.5) is 26.3 Å².